The first-order chi connectivity index (χ1) is 18.6. The van der Waals surface area contributed by atoms with Crippen molar-refractivity contribution in [2.24, 2.45) is 5.92 Å². The van der Waals surface area contributed by atoms with Crippen molar-refractivity contribution < 1.29 is 19.1 Å². The van der Waals surface area contributed by atoms with E-state index in [0.717, 1.165) is 21.6 Å². The van der Waals surface area contributed by atoms with Crippen molar-refractivity contribution in [3.63, 3.8) is 0 Å². The Morgan fingerprint density at radius 3 is 2.64 bits per heavy atom. The largest absolute Gasteiger partial charge is 0.453 e. The van der Waals surface area contributed by atoms with Crippen LogP contribution in [-0.2, 0) is 27.3 Å². The number of alkyl carbamates (subject to hydrolysis) is 1. The fourth-order valence-electron chi connectivity index (χ4n) is 3.91. The van der Waals surface area contributed by atoms with Gasteiger partial charge in [-0.1, -0.05) is 32.1 Å². The van der Waals surface area contributed by atoms with E-state index in [2.05, 4.69) is 35.3 Å². The summed E-state index contributed by atoms with van der Waals surface area (Å²) in [5, 5.41) is 5.91. The number of nitrogens with one attached hydrogen (secondary N) is 2. The van der Waals surface area contributed by atoms with Crippen LogP contribution in [0.15, 0.2) is 53.5 Å². The van der Waals surface area contributed by atoms with E-state index in [-0.39, 0.29) is 30.1 Å². The molecule has 11 heteroatoms. The second-order valence-corrected chi connectivity index (χ2v) is 10.8. The van der Waals surface area contributed by atoms with E-state index in [1.165, 1.54) is 34.3 Å². The number of rotatable bonds is 11. The highest BCUT2D eigenvalue weighted by Gasteiger charge is 2.22. The maximum atomic E-state index is 13.2. The van der Waals surface area contributed by atoms with E-state index in [0.29, 0.717) is 12.3 Å². The Balaban J connectivity index is 1.75. The van der Waals surface area contributed by atoms with E-state index in [1.807, 2.05) is 12.1 Å². The van der Waals surface area contributed by atoms with E-state index in [4.69, 9.17) is 4.98 Å². The number of hydrogen-bond acceptors (Lipinski definition) is 7. The quantitative estimate of drug-likeness (QED) is 0.349. The molecule has 0 radical (unpaired) electrons. The van der Waals surface area contributed by atoms with Crippen LogP contribution >= 0.6 is 11.3 Å². The molecule has 0 saturated heterocycles. The first-order valence-electron chi connectivity index (χ1n) is 12.7. The molecule has 3 rings (SSSR count). The van der Waals surface area contributed by atoms with Gasteiger partial charge in [-0.3, -0.25) is 14.4 Å². The Hall–Kier alpha value is -3.99. The number of benzene rings is 1. The summed E-state index contributed by atoms with van der Waals surface area (Å²) in [4.78, 5) is 55.9. The molecule has 0 aliphatic heterocycles. The second kappa shape index (κ2) is 13.7. The number of hydrogen-bond donors (Lipinski definition) is 2. The van der Waals surface area contributed by atoms with Gasteiger partial charge < -0.3 is 24.8 Å². The SMILES string of the molecule is COC(=O)NC(CCC=CC(=O)N(C)C)C(=O)Nc1cccn(Cc2nc3cccc(CC(C)C)c3s2)c1=O. The lowest BCUT2D eigenvalue weighted by Crippen LogP contribution is -2.44. The van der Waals surface area contributed by atoms with Crippen molar-refractivity contribution in [3.05, 3.63) is 69.6 Å². The van der Waals surface area contributed by atoms with Crippen molar-refractivity contribution in [3.8, 4) is 0 Å². The molecule has 39 heavy (non-hydrogen) atoms. The highest BCUT2D eigenvalue weighted by atomic mass is 32.1. The zero-order valence-corrected chi connectivity index (χ0v) is 23.7. The molecule has 0 spiro atoms. The lowest BCUT2D eigenvalue weighted by Gasteiger charge is -2.17. The molecule has 0 fully saturated rings. The van der Waals surface area contributed by atoms with E-state index in [1.54, 1.807) is 43.8 Å². The van der Waals surface area contributed by atoms with E-state index < -0.39 is 18.0 Å². The predicted molar refractivity (Wildman–Crippen MR) is 153 cm³/mol. The fourth-order valence-corrected chi connectivity index (χ4v) is 4.99. The number of carbonyl (C=O) groups excluding carboxylic acids is 3. The summed E-state index contributed by atoms with van der Waals surface area (Å²) in [6.07, 6.45) is 5.39. The van der Waals surface area contributed by atoms with Gasteiger partial charge in [0.15, 0.2) is 0 Å². The third kappa shape index (κ3) is 8.25. The third-order valence-electron chi connectivity index (χ3n) is 5.87. The van der Waals surface area contributed by atoms with Crippen LogP contribution in [0.1, 0.15) is 37.3 Å². The maximum Gasteiger partial charge on any atom is 0.407 e. The van der Waals surface area contributed by atoms with Gasteiger partial charge in [-0.15, -0.1) is 11.3 Å². The van der Waals surface area contributed by atoms with Crippen molar-refractivity contribution in [2.75, 3.05) is 26.5 Å². The molecule has 1 unspecified atom stereocenters. The van der Waals surface area contributed by atoms with E-state index in [9.17, 15) is 19.2 Å². The average Bonchev–Trinajstić information content (AvgIpc) is 3.31. The molecular formula is C28H35N5O5S. The molecule has 1 aromatic carbocycles. The van der Waals surface area contributed by atoms with Gasteiger partial charge in [0.1, 0.15) is 16.7 Å². The van der Waals surface area contributed by atoms with Crippen molar-refractivity contribution in [2.45, 2.75) is 45.7 Å². The molecule has 208 valence electrons. The smallest absolute Gasteiger partial charge is 0.407 e. The minimum atomic E-state index is -0.978. The Morgan fingerprint density at radius 1 is 1.18 bits per heavy atom. The number of ether oxygens (including phenoxy) is 1. The van der Waals surface area contributed by atoms with Gasteiger partial charge in [-0.2, -0.15) is 0 Å². The van der Waals surface area contributed by atoms with Crippen molar-refractivity contribution in [1.82, 2.24) is 19.8 Å². The standard InChI is InChI=1S/C28H35N5O5S/c1-18(2)16-19-10-8-12-20-25(19)39-23(29-20)17-33-15-9-13-22(27(33)36)30-26(35)21(31-28(37)38-5)11-6-7-14-24(34)32(3)4/h7-10,12-15,18,21H,6,11,16-17H2,1-5H3,(H,30,35)(H,31,37). The first kappa shape index (κ1) is 29.6. The summed E-state index contributed by atoms with van der Waals surface area (Å²) in [6.45, 7) is 4.61. The number of amides is 3. The van der Waals surface area contributed by atoms with Gasteiger partial charge in [-0.25, -0.2) is 9.78 Å². The summed E-state index contributed by atoms with van der Waals surface area (Å²) in [5.41, 5.74) is 1.84. The fraction of sp³-hybridized carbons (Fsp3) is 0.393. The number of carbonyl (C=O) groups is 3. The summed E-state index contributed by atoms with van der Waals surface area (Å²) in [7, 11) is 4.47. The molecular weight excluding hydrogens is 518 g/mol. The molecule has 2 heterocycles. The van der Waals surface area contributed by atoms with Crippen LogP contribution in [0.5, 0.6) is 0 Å². The first-order valence-corrected chi connectivity index (χ1v) is 13.5. The molecule has 0 aliphatic rings. The number of likely N-dealkylation sites (N-methyl/N-ethyl adjacent to an activating group) is 1. The molecule has 3 amide bonds. The Morgan fingerprint density at radius 2 is 1.95 bits per heavy atom. The van der Waals surface area contributed by atoms with Crippen LogP contribution in [0.3, 0.4) is 0 Å². The Bertz CT molecular complexity index is 1410. The summed E-state index contributed by atoms with van der Waals surface area (Å²) < 4.78 is 7.26. The Labute approximate surface area is 231 Å². The third-order valence-corrected chi connectivity index (χ3v) is 7.00. The molecule has 1 atom stereocenters. The number of nitrogens with zero attached hydrogens (tertiary/aromatic N) is 3. The number of fused-ring (bicyclic) bond motifs is 1. The zero-order chi connectivity index (χ0) is 28.5. The lowest BCUT2D eigenvalue weighted by molar-refractivity contribution is -0.123. The van der Waals surface area contributed by atoms with Gasteiger partial charge in [0.2, 0.25) is 11.8 Å². The van der Waals surface area contributed by atoms with Crippen molar-refractivity contribution >= 4 is 45.1 Å². The van der Waals surface area contributed by atoms with Gasteiger partial charge in [0, 0.05) is 20.3 Å². The molecule has 0 saturated carbocycles. The maximum absolute atomic E-state index is 13.2. The van der Waals surface area contributed by atoms with Gasteiger partial charge in [-0.05, 0) is 55.0 Å². The molecule has 10 nitrogen and oxygen atoms in total. The van der Waals surface area contributed by atoms with Gasteiger partial charge >= 0.3 is 6.09 Å². The number of thiazole rings is 1. The van der Waals surface area contributed by atoms with E-state index >= 15 is 0 Å². The molecule has 0 bridgehead atoms. The monoisotopic (exact) mass is 553 g/mol. The zero-order valence-electron chi connectivity index (χ0n) is 22.9. The number of methoxy groups -OCH3 is 1. The van der Waals surface area contributed by atoms with Crippen LogP contribution in [0.2, 0.25) is 0 Å². The van der Waals surface area contributed by atoms with Gasteiger partial charge in [0.05, 0.1) is 23.9 Å². The minimum Gasteiger partial charge on any atom is -0.453 e. The highest BCUT2D eigenvalue weighted by molar-refractivity contribution is 7.18. The minimum absolute atomic E-state index is 0.0825. The molecule has 3 aromatic rings. The normalized spacial score (nSPS) is 12.1. The second-order valence-electron chi connectivity index (χ2n) is 9.72. The highest BCUT2D eigenvalue weighted by Crippen LogP contribution is 2.28. The topological polar surface area (TPSA) is 123 Å². The number of aromatic nitrogens is 2. The van der Waals surface area contributed by atoms with Crippen LogP contribution < -0.4 is 16.2 Å². The number of pyridine rings is 1. The molecule has 2 N–H and O–H groups in total. The van der Waals surface area contributed by atoms with Gasteiger partial charge in [0.25, 0.3) is 5.56 Å². The predicted octanol–water partition coefficient (Wildman–Crippen LogP) is 3.79. The average molecular weight is 554 g/mol. The number of allylic oxidation sites excluding steroid dienone is 1. The molecule has 2 aromatic heterocycles. The Kier molecular flexibility index (Phi) is 10.4. The van der Waals surface area contributed by atoms with Crippen molar-refractivity contribution in [1.29, 1.82) is 0 Å². The lowest BCUT2D eigenvalue weighted by atomic mass is 10.0. The molecule has 0 aliphatic carbocycles. The summed E-state index contributed by atoms with van der Waals surface area (Å²) in [5.74, 6) is -0.245. The summed E-state index contributed by atoms with van der Waals surface area (Å²) in [6, 6.07) is 8.29. The van der Waals surface area contributed by atoms with Crippen LogP contribution in [-0.4, -0.2) is 59.6 Å². The van der Waals surface area contributed by atoms with Crippen LogP contribution in [0, 0.1) is 5.92 Å². The number of anilines is 1. The summed E-state index contributed by atoms with van der Waals surface area (Å²) >= 11 is 1.57. The van der Waals surface area contributed by atoms with Crippen LogP contribution in [0.25, 0.3) is 10.2 Å². The van der Waals surface area contributed by atoms with Crippen LogP contribution in [0.4, 0.5) is 10.5 Å².